The summed E-state index contributed by atoms with van der Waals surface area (Å²) in [5, 5.41) is 60.2. The van der Waals surface area contributed by atoms with Crippen LogP contribution in [0.25, 0.3) is 0 Å². The van der Waals surface area contributed by atoms with Gasteiger partial charge in [0.25, 0.3) is 0 Å². The van der Waals surface area contributed by atoms with E-state index in [1.54, 1.807) is 13.8 Å². The molecule has 0 aromatic heterocycles. The Morgan fingerprint density at radius 2 is 1.71 bits per heavy atom. The van der Waals surface area contributed by atoms with Gasteiger partial charge in [0.1, 0.15) is 29.5 Å². The molecule has 6 N–H and O–H groups in total. The molecule has 13 heteroatoms. The van der Waals surface area contributed by atoms with Crippen molar-refractivity contribution in [2.24, 2.45) is 16.7 Å². The van der Waals surface area contributed by atoms with E-state index in [0.29, 0.717) is 0 Å². The number of aliphatic hydroxyl groups excluding tert-OH is 3. The van der Waals surface area contributed by atoms with Crippen molar-refractivity contribution in [1.82, 2.24) is 5.32 Å². The molecule has 0 aromatic carbocycles. The molecule has 230 valence electrons. The summed E-state index contributed by atoms with van der Waals surface area (Å²) in [4.78, 5) is 51.1. The molecular formula is C28H41NO12. The van der Waals surface area contributed by atoms with Gasteiger partial charge in [-0.3, -0.25) is 14.4 Å². The Bertz CT molecular complexity index is 1180. The number of fused-ring (bicyclic) bond motifs is 5. The fourth-order valence-corrected chi connectivity index (χ4v) is 7.61. The fraction of sp³-hybridized carbons (Fsp3) is 0.786. The average Bonchev–Trinajstić information content (AvgIpc) is 2.85. The lowest BCUT2D eigenvalue weighted by Crippen LogP contribution is -2.81. The van der Waals surface area contributed by atoms with Gasteiger partial charge in [-0.2, -0.15) is 0 Å². The molecule has 0 aromatic rings. The normalized spacial score (nSPS) is 42.8. The topological polar surface area (TPSA) is 209 Å². The molecule has 0 unspecified atom stereocenters. The Hall–Kier alpha value is -2.42. The van der Waals surface area contributed by atoms with Crippen molar-refractivity contribution in [3.63, 3.8) is 0 Å². The molecule has 13 nitrogen and oxygen atoms in total. The van der Waals surface area contributed by atoms with E-state index in [-0.39, 0.29) is 24.2 Å². The number of rotatable bonds is 5. The molecule has 2 bridgehead atoms. The molecule has 1 amide bonds. The number of amides is 1. The standard InChI is InChI=1S/C28H41NO12/c1-11-15(41-24(36)19(33)12(2)29-13(3)30)9-28(38)23(40-14(4)31)21-26(7,16(32)8-17-27(21,37)10-39-17)22(35)20(34)18(11)25(28,5)6/h12,15-17,19-21,23,32-34,37-38H,8-10H2,1-7H3,(H,29,30)/t12-,15-,16-,17+,19+,20+,21-,23-,26+,27-,28+/m0/s1. The van der Waals surface area contributed by atoms with Crippen LogP contribution in [-0.4, -0.2) is 110 Å². The van der Waals surface area contributed by atoms with Gasteiger partial charge in [0.2, 0.25) is 5.91 Å². The minimum Gasteiger partial charge on any atom is -0.459 e. The first-order valence-electron chi connectivity index (χ1n) is 13.8. The van der Waals surface area contributed by atoms with Crippen LogP contribution in [-0.2, 0) is 33.4 Å². The zero-order chi connectivity index (χ0) is 31.0. The first-order chi connectivity index (χ1) is 18.7. The van der Waals surface area contributed by atoms with E-state index in [1.165, 1.54) is 27.7 Å². The van der Waals surface area contributed by atoms with E-state index < -0.39 is 101 Å². The van der Waals surface area contributed by atoms with Crippen molar-refractivity contribution in [3.8, 4) is 0 Å². The molecule has 41 heavy (non-hydrogen) atoms. The van der Waals surface area contributed by atoms with Gasteiger partial charge in [-0.25, -0.2) is 4.79 Å². The molecule has 1 saturated heterocycles. The highest BCUT2D eigenvalue weighted by molar-refractivity contribution is 5.93. The molecule has 2 saturated carbocycles. The number of carbonyl (C=O) groups excluding carboxylic acids is 4. The van der Waals surface area contributed by atoms with Crippen molar-refractivity contribution >= 4 is 23.6 Å². The molecule has 0 radical (unpaired) electrons. The number of carbonyl (C=O) groups is 4. The number of nitrogens with one attached hydrogen (secondary N) is 1. The minimum atomic E-state index is -2.17. The highest BCUT2D eigenvalue weighted by atomic mass is 16.6. The summed E-state index contributed by atoms with van der Waals surface area (Å²) >= 11 is 0. The number of esters is 2. The molecule has 4 aliphatic rings. The summed E-state index contributed by atoms with van der Waals surface area (Å²) in [5.41, 5.74) is -7.12. The largest absolute Gasteiger partial charge is 0.459 e. The smallest absolute Gasteiger partial charge is 0.337 e. The summed E-state index contributed by atoms with van der Waals surface area (Å²) in [5.74, 6) is -4.74. The van der Waals surface area contributed by atoms with Crippen LogP contribution in [0.3, 0.4) is 0 Å². The van der Waals surface area contributed by atoms with E-state index in [1.807, 2.05) is 0 Å². The lowest BCUT2D eigenvalue weighted by Gasteiger charge is -2.66. The van der Waals surface area contributed by atoms with Gasteiger partial charge in [-0.05, 0) is 31.9 Å². The van der Waals surface area contributed by atoms with Crippen LogP contribution < -0.4 is 5.32 Å². The second kappa shape index (κ2) is 10.1. The van der Waals surface area contributed by atoms with Crippen LogP contribution >= 0.6 is 0 Å². The van der Waals surface area contributed by atoms with Crippen LogP contribution in [0.2, 0.25) is 0 Å². The molecule has 1 heterocycles. The van der Waals surface area contributed by atoms with Gasteiger partial charge in [0.05, 0.1) is 30.3 Å². The van der Waals surface area contributed by atoms with Gasteiger partial charge in [-0.1, -0.05) is 13.8 Å². The average molecular weight is 584 g/mol. The molecule has 3 aliphatic carbocycles. The maximum atomic E-state index is 14.2. The summed E-state index contributed by atoms with van der Waals surface area (Å²) < 4.78 is 16.9. The zero-order valence-electron chi connectivity index (χ0n) is 24.3. The quantitative estimate of drug-likeness (QED) is 0.164. The van der Waals surface area contributed by atoms with Gasteiger partial charge in [-0.15, -0.1) is 0 Å². The van der Waals surface area contributed by atoms with Gasteiger partial charge < -0.3 is 45.1 Å². The first-order valence-corrected chi connectivity index (χ1v) is 13.8. The molecule has 3 fully saturated rings. The van der Waals surface area contributed by atoms with Crippen LogP contribution in [0, 0.1) is 16.7 Å². The molecular weight excluding hydrogens is 542 g/mol. The fourth-order valence-electron chi connectivity index (χ4n) is 7.61. The first kappa shape index (κ1) is 31.5. The monoisotopic (exact) mass is 583 g/mol. The van der Waals surface area contributed by atoms with Crippen LogP contribution in [0.5, 0.6) is 0 Å². The van der Waals surface area contributed by atoms with Gasteiger partial charge >= 0.3 is 11.9 Å². The number of ether oxygens (including phenoxy) is 3. The summed E-state index contributed by atoms with van der Waals surface area (Å²) in [6.07, 6.45) is -9.51. The molecule has 1 aliphatic heterocycles. The summed E-state index contributed by atoms with van der Waals surface area (Å²) in [6.45, 7) is 9.42. The van der Waals surface area contributed by atoms with Crippen molar-refractivity contribution in [2.75, 3.05) is 6.61 Å². The van der Waals surface area contributed by atoms with Crippen molar-refractivity contribution < 1.29 is 58.9 Å². The third-order valence-corrected chi connectivity index (χ3v) is 10.1. The second-order valence-corrected chi connectivity index (χ2v) is 12.8. The van der Waals surface area contributed by atoms with Crippen LogP contribution in [0.15, 0.2) is 11.1 Å². The molecule has 4 rings (SSSR count). The summed E-state index contributed by atoms with van der Waals surface area (Å²) in [7, 11) is 0. The maximum Gasteiger partial charge on any atom is 0.337 e. The third kappa shape index (κ3) is 4.43. The third-order valence-electron chi connectivity index (χ3n) is 10.1. The van der Waals surface area contributed by atoms with Crippen molar-refractivity contribution in [3.05, 3.63) is 11.1 Å². The van der Waals surface area contributed by atoms with E-state index in [0.717, 1.165) is 6.92 Å². The number of hydrogen-bond donors (Lipinski definition) is 6. The van der Waals surface area contributed by atoms with Crippen LogP contribution in [0.4, 0.5) is 0 Å². The number of hydrogen-bond acceptors (Lipinski definition) is 12. The highest BCUT2D eigenvalue weighted by Gasteiger charge is 2.76. The molecule has 11 atom stereocenters. The van der Waals surface area contributed by atoms with E-state index in [4.69, 9.17) is 14.2 Å². The van der Waals surface area contributed by atoms with Gasteiger partial charge in [0.15, 0.2) is 11.9 Å². The van der Waals surface area contributed by atoms with E-state index >= 15 is 0 Å². The van der Waals surface area contributed by atoms with Gasteiger partial charge in [0, 0.05) is 38.0 Å². The van der Waals surface area contributed by atoms with E-state index in [2.05, 4.69) is 5.32 Å². The number of Topliss-reactive ketones (excluding diaryl/α,β-unsaturated/α-hetero) is 1. The Morgan fingerprint density at radius 1 is 1.10 bits per heavy atom. The Kier molecular flexibility index (Phi) is 7.76. The predicted octanol–water partition coefficient (Wildman–Crippen LogP) is -1.35. The lowest BCUT2D eigenvalue weighted by atomic mass is 9.45. The zero-order valence-corrected chi connectivity index (χ0v) is 24.3. The highest BCUT2D eigenvalue weighted by Crippen LogP contribution is 2.63. The maximum absolute atomic E-state index is 14.2. The Balaban J connectivity index is 1.90. The Labute approximate surface area is 237 Å². The van der Waals surface area contributed by atoms with E-state index in [9.17, 15) is 44.7 Å². The summed E-state index contributed by atoms with van der Waals surface area (Å²) in [6, 6.07) is -1.02. The minimum absolute atomic E-state index is 0.00134. The number of ketones is 1. The number of aliphatic hydroxyl groups is 5. The SMILES string of the molecule is CC(=O)N[C@@H](C)[C@@H](O)C(=O)O[C@H]1C[C@@]2(O)[C@@H](OC(C)=O)[C@@H]3[C@]4(O)CO[C@@H]4C[C@H](O)[C@@]3(C)C(=O)[C@H](O)C(=C1C)C2(C)C. The second-order valence-electron chi connectivity index (χ2n) is 12.8. The van der Waals surface area contributed by atoms with Crippen LogP contribution in [0.1, 0.15) is 61.3 Å². The Morgan fingerprint density at radius 3 is 2.22 bits per heavy atom. The van der Waals surface area contributed by atoms with Crippen molar-refractivity contribution in [1.29, 1.82) is 0 Å². The lowest BCUT2D eigenvalue weighted by molar-refractivity contribution is -0.345. The predicted molar refractivity (Wildman–Crippen MR) is 139 cm³/mol. The molecule has 0 spiro atoms. The van der Waals surface area contributed by atoms with Crippen molar-refractivity contribution in [2.45, 2.75) is 115 Å².